The van der Waals surface area contributed by atoms with Gasteiger partial charge in [0.25, 0.3) is 0 Å². The van der Waals surface area contributed by atoms with Gasteiger partial charge < -0.3 is 20.1 Å². The highest BCUT2D eigenvalue weighted by Gasteiger charge is 2.20. The quantitative estimate of drug-likeness (QED) is 0.393. The lowest BCUT2D eigenvalue weighted by Crippen LogP contribution is -2.48. The first-order valence-electron chi connectivity index (χ1n) is 8.37. The minimum atomic E-state index is 0. The molecule has 0 amide bonds. The van der Waals surface area contributed by atoms with Crippen LogP contribution < -0.4 is 15.5 Å². The molecule has 2 N–H and O–H groups in total. The van der Waals surface area contributed by atoms with Crippen LogP contribution in [0.5, 0.6) is 0 Å². The summed E-state index contributed by atoms with van der Waals surface area (Å²) >= 11 is 1.81. The van der Waals surface area contributed by atoms with Gasteiger partial charge in [0.15, 0.2) is 11.8 Å². The summed E-state index contributed by atoms with van der Waals surface area (Å²) in [5, 5.41) is 14.2. The third-order valence-corrected chi connectivity index (χ3v) is 4.88. The van der Waals surface area contributed by atoms with Crippen LogP contribution in [0.2, 0.25) is 0 Å². The predicted molar refractivity (Wildman–Crippen MR) is 112 cm³/mol. The number of piperidine rings is 1. The summed E-state index contributed by atoms with van der Waals surface area (Å²) < 4.78 is 4.98. The van der Waals surface area contributed by atoms with E-state index >= 15 is 0 Å². The van der Waals surface area contributed by atoms with Crippen molar-refractivity contribution in [2.24, 2.45) is 4.99 Å². The van der Waals surface area contributed by atoms with Crippen molar-refractivity contribution in [2.75, 3.05) is 24.5 Å². The summed E-state index contributed by atoms with van der Waals surface area (Å²) in [7, 11) is 0. The summed E-state index contributed by atoms with van der Waals surface area (Å²) in [5.74, 6) is 1.99. The third kappa shape index (κ3) is 5.84. The lowest BCUT2D eigenvalue weighted by molar-refractivity contribution is 0.387. The third-order valence-electron chi connectivity index (χ3n) is 3.95. The number of hydrogen-bond donors (Lipinski definition) is 2. The van der Waals surface area contributed by atoms with Gasteiger partial charge in [-0.15, -0.1) is 35.3 Å². The molecule has 0 aliphatic carbocycles. The van der Waals surface area contributed by atoms with Gasteiger partial charge in [-0.1, -0.05) is 5.16 Å². The van der Waals surface area contributed by atoms with Gasteiger partial charge in [-0.05, 0) is 37.3 Å². The second-order valence-electron chi connectivity index (χ2n) is 5.78. The number of aromatic nitrogens is 2. The monoisotopic (exact) mass is 476 g/mol. The summed E-state index contributed by atoms with van der Waals surface area (Å²) in [6.07, 6.45) is 2.20. The van der Waals surface area contributed by atoms with E-state index in [1.807, 2.05) is 11.3 Å². The Bertz CT molecular complexity index is 651. The maximum Gasteiger partial charge on any atom is 0.223 e. The zero-order valence-corrected chi connectivity index (χ0v) is 17.7. The number of guanidine groups is 1. The van der Waals surface area contributed by atoms with E-state index in [1.165, 1.54) is 5.00 Å². The Kier molecular flexibility index (Phi) is 7.94. The number of anilines is 1. The standard InChI is InChI=1S/C16H24N6OS.HI/c1-3-17-16(18-11-14-19-12(2)23-21-14)20-13-6-8-22(9-7-13)15-5-4-10-24-15;/h4-5,10,13H,3,6-9,11H2,1-2H3,(H2,17,18,20);1H. The lowest BCUT2D eigenvalue weighted by Gasteiger charge is -2.33. The minimum absolute atomic E-state index is 0. The van der Waals surface area contributed by atoms with Crippen LogP contribution in [0.1, 0.15) is 31.5 Å². The molecule has 0 radical (unpaired) electrons. The topological polar surface area (TPSA) is 78.6 Å². The maximum absolute atomic E-state index is 4.98. The average molecular weight is 476 g/mol. The molecule has 0 unspecified atom stereocenters. The molecule has 0 aromatic carbocycles. The second kappa shape index (κ2) is 9.95. The number of halogens is 1. The van der Waals surface area contributed by atoms with E-state index in [0.29, 0.717) is 24.3 Å². The van der Waals surface area contributed by atoms with Crippen molar-refractivity contribution in [3.05, 3.63) is 29.2 Å². The van der Waals surface area contributed by atoms with Crippen molar-refractivity contribution in [3.8, 4) is 0 Å². The molecule has 25 heavy (non-hydrogen) atoms. The number of aryl methyl sites for hydroxylation is 1. The van der Waals surface area contributed by atoms with E-state index in [-0.39, 0.29) is 24.0 Å². The molecule has 7 nitrogen and oxygen atoms in total. The molecule has 9 heteroatoms. The van der Waals surface area contributed by atoms with Crippen LogP contribution >= 0.6 is 35.3 Å². The van der Waals surface area contributed by atoms with Gasteiger partial charge in [0.05, 0.1) is 5.00 Å². The first-order chi connectivity index (χ1) is 11.7. The van der Waals surface area contributed by atoms with Crippen LogP contribution in [0.3, 0.4) is 0 Å². The van der Waals surface area contributed by atoms with E-state index in [2.05, 4.69) is 55.1 Å². The van der Waals surface area contributed by atoms with Gasteiger partial charge in [0.1, 0.15) is 6.54 Å². The number of nitrogens with one attached hydrogen (secondary N) is 2. The molecule has 2 aromatic heterocycles. The highest BCUT2D eigenvalue weighted by Crippen LogP contribution is 2.24. The van der Waals surface area contributed by atoms with Crippen LogP contribution in [0, 0.1) is 6.92 Å². The van der Waals surface area contributed by atoms with E-state index in [0.717, 1.165) is 38.4 Å². The second-order valence-corrected chi connectivity index (χ2v) is 6.71. The van der Waals surface area contributed by atoms with Gasteiger partial charge in [0, 0.05) is 32.6 Å². The SMILES string of the molecule is CCNC(=NCc1noc(C)n1)NC1CCN(c2cccs2)CC1.I. The summed E-state index contributed by atoms with van der Waals surface area (Å²) in [6.45, 7) is 7.23. The van der Waals surface area contributed by atoms with Gasteiger partial charge in [-0.2, -0.15) is 4.98 Å². The largest absolute Gasteiger partial charge is 0.363 e. The van der Waals surface area contributed by atoms with Gasteiger partial charge in [-0.3, -0.25) is 0 Å². The molecule has 138 valence electrons. The fraction of sp³-hybridized carbons (Fsp3) is 0.562. The van der Waals surface area contributed by atoms with E-state index in [9.17, 15) is 0 Å². The van der Waals surface area contributed by atoms with Crippen LogP contribution in [0.4, 0.5) is 5.00 Å². The van der Waals surface area contributed by atoms with E-state index in [1.54, 1.807) is 6.92 Å². The zero-order chi connectivity index (χ0) is 16.8. The molecule has 2 aromatic rings. The molecule has 1 saturated heterocycles. The molecule has 1 aliphatic heterocycles. The van der Waals surface area contributed by atoms with Crippen molar-refractivity contribution in [2.45, 2.75) is 39.3 Å². The number of hydrogen-bond acceptors (Lipinski definition) is 6. The van der Waals surface area contributed by atoms with Crippen molar-refractivity contribution in [1.29, 1.82) is 0 Å². The van der Waals surface area contributed by atoms with Crippen molar-refractivity contribution in [1.82, 2.24) is 20.8 Å². The van der Waals surface area contributed by atoms with E-state index < -0.39 is 0 Å². The van der Waals surface area contributed by atoms with Gasteiger partial charge >= 0.3 is 0 Å². The average Bonchev–Trinajstić information content (AvgIpc) is 3.25. The van der Waals surface area contributed by atoms with Crippen LogP contribution in [-0.2, 0) is 6.54 Å². The fourth-order valence-corrected chi connectivity index (χ4v) is 3.55. The minimum Gasteiger partial charge on any atom is -0.363 e. The zero-order valence-electron chi connectivity index (χ0n) is 14.6. The Hall–Kier alpha value is -1.36. The van der Waals surface area contributed by atoms with Crippen LogP contribution in [0.15, 0.2) is 27.0 Å². The van der Waals surface area contributed by atoms with Gasteiger partial charge in [-0.25, -0.2) is 4.99 Å². The lowest BCUT2D eigenvalue weighted by atomic mass is 10.1. The van der Waals surface area contributed by atoms with Crippen LogP contribution in [-0.4, -0.2) is 41.8 Å². The van der Waals surface area contributed by atoms with E-state index in [4.69, 9.17) is 4.52 Å². The summed E-state index contributed by atoms with van der Waals surface area (Å²) in [5.41, 5.74) is 0. The first kappa shape index (κ1) is 20.0. The van der Waals surface area contributed by atoms with Crippen molar-refractivity contribution >= 4 is 46.3 Å². The molecule has 0 bridgehead atoms. The molecule has 3 rings (SSSR count). The first-order valence-corrected chi connectivity index (χ1v) is 9.25. The fourth-order valence-electron chi connectivity index (χ4n) is 2.76. The van der Waals surface area contributed by atoms with Crippen molar-refractivity contribution < 1.29 is 4.52 Å². The molecule has 0 atom stereocenters. The molecular weight excluding hydrogens is 451 g/mol. The molecule has 3 heterocycles. The Morgan fingerprint density at radius 1 is 1.44 bits per heavy atom. The Balaban J connectivity index is 0.00000225. The summed E-state index contributed by atoms with van der Waals surface area (Å²) in [4.78, 5) is 11.2. The highest BCUT2D eigenvalue weighted by atomic mass is 127. The molecular formula is C16H25IN6OS. The molecule has 1 fully saturated rings. The number of thiophene rings is 1. The maximum atomic E-state index is 4.98. The number of aliphatic imine (C=N–C) groups is 1. The molecule has 1 aliphatic rings. The molecule has 0 spiro atoms. The Labute approximate surface area is 169 Å². The Morgan fingerprint density at radius 3 is 2.84 bits per heavy atom. The number of nitrogens with zero attached hydrogens (tertiary/aromatic N) is 4. The Morgan fingerprint density at radius 2 is 2.24 bits per heavy atom. The smallest absolute Gasteiger partial charge is 0.223 e. The summed E-state index contributed by atoms with van der Waals surface area (Å²) in [6, 6.07) is 4.74. The molecule has 0 saturated carbocycles. The highest BCUT2D eigenvalue weighted by molar-refractivity contribution is 14.0. The van der Waals surface area contributed by atoms with Crippen molar-refractivity contribution in [3.63, 3.8) is 0 Å². The normalized spacial score (nSPS) is 15.8. The predicted octanol–water partition coefficient (Wildman–Crippen LogP) is 2.78. The van der Waals surface area contributed by atoms with Gasteiger partial charge in [0.2, 0.25) is 5.89 Å². The van der Waals surface area contributed by atoms with Crippen LogP contribution in [0.25, 0.3) is 0 Å². The number of rotatable bonds is 5.